The highest BCUT2D eigenvalue weighted by atomic mass is 16.5. The first kappa shape index (κ1) is 51.6. The van der Waals surface area contributed by atoms with Crippen LogP contribution in [0.3, 0.4) is 0 Å². The molecule has 2 aromatic carbocycles. The SMILES string of the molecule is CC(C)C(=O)OCc1ccc(NC(=O)[C@H](CCCNC(N)=O)NC(=O)[C@H](Cc2c[nH]c3ccccc23)NC(=O)CCCC(=O)NCCC(=O)N(C)CC(=O)N[C@@H](C)C(=O)C(C)C)cc1. The number of urea groups is 1. The molecule has 0 aliphatic rings. The van der Waals surface area contributed by atoms with E-state index in [-0.39, 0.29) is 94.8 Å². The van der Waals surface area contributed by atoms with Crippen molar-refractivity contribution in [2.75, 3.05) is 32.0 Å². The zero-order valence-electron chi connectivity index (χ0n) is 37.5. The maximum Gasteiger partial charge on any atom is 0.312 e. The summed E-state index contributed by atoms with van der Waals surface area (Å²) in [6.45, 7) is 8.44. The Morgan fingerprint density at radius 1 is 0.719 bits per heavy atom. The molecule has 0 radical (unpaired) electrons. The second-order valence-electron chi connectivity index (χ2n) is 16.2. The quantitative estimate of drug-likeness (QED) is 0.0430. The predicted octanol–water partition coefficient (Wildman–Crippen LogP) is 2.33. The fourth-order valence-electron chi connectivity index (χ4n) is 6.45. The molecule has 64 heavy (non-hydrogen) atoms. The molecule has 3 atom stereocenters. The summed E-state index contributed by atoms with van der Waals surface area (Å²) >= 11 is 0. The van der Waals surface area contributed by atoms with Crippen LogP contribution in [0.25, 0.3) is 10.9 Å². The largest absolute Gasteiger partial charge is 0.461 e. The number of hydrogen-bond acceptors (Lipinski definition) is 10. The van der Waals surface area contributed by atoms with Crippen LogP contribution in [0.2, 0.25) is 0 Å². The van der Waals surface area contributed by atoms with E-state index in [1.807, 2.05) is 24.3 Å². The van der Waals surface area contributed by atoms with Gasteiger partial charge in [0.25, 0.3) is 0 Å². The summed E-state index contributed by atoms with van der Waals surface area (Å²) in [6.07, 6.45) is 2.04. The van der Waals surface area contributed by atoms with Gasteiger partial charge in [-0.15, -0.1) is 0 Å². The molecule has 3 aromatic rings. The number of carbonyl (C=O) groups excluding carboxylic acids is 9. The molecule has 0 fully saturated rings. The number of aromatic amines is 1. The number of primary amides is 1. The van der Waals surface area contributed by atoms with Crippen LogP contribution in [-0.4, -0.2) is 108 Å². The number of likely N-dealkylation sites (N-methyl/N-ethyl adjacent to an activating group) is 1. The van der Waals surface area contributed by atoms with Gasteiger partial charge in [-0.3, -0.25) is 38.4 Å². The number of nitrogens with zero attached hydrogens (tertiary/aromatic N) is 1. The van der Waals surface area contributed by atoms with Crippen LogP contribution in [-0.2, 0) is 56.1 Å². The molecular formula is C45H63N9O10. The van der Waals surface area contributed by atoms with Gasteiger partial charge in [0.2, 0.25) is 35.4 Å². The van der Waals surface area contributed by atoms with E-state index in [0.29, 0.717) is 11.3 Å². The number of rotatable bonds is 26. The number of amides is 8. The third-order valence-electron chi connectivity index (χ3n) is 10.1. The second kappa shape index (κ2) is 26.0. The number of aromatic nitrogens is 1. The first-order valence-corrected chi connectivity index (χ1v) is 21.4. The monoisotopic (exact) mass is 889 g/mol. The van der Waals surface area contributed by atoms with Gasteiger partial charge in [-0.1, -0.05) is 58.0 Å². The van der Waals surface area contributed by atoms with Gasteiger partial charge in [-0.05, 0) is 55.5 Å². The Balaban J connectivity index is 1.61. The first-order valence-electron chi connectivity index (χ1n) is 21.4. The molecule has 19 nitrogen and oxygen atoms in total. The highest BCUT2D eigenvalue weighted by molar-refractivity contribution is 5.99. The lowest BCUT2D eigenvalue weighted by Crippen LogP contribution is -2.53. The molecule has 0 aliphatic carbocycles. The number of ketones is 1. The van der Waals surface area contributed by atoms with E-state index in [1.54, 1.807) is 65.1 Å². The summed E-state index contributed by atoms with van der Waals surface area (Å²) in [5.41, 5.74) is 7.88. The average molecular weight is 890 g/mol. The molecule has 0 saturated carbocycles. The van der Waals surface area contributed by atoms with Gasteiger partial charge < -0.3 is 52.3 Å². The van der Waals surface area contributed by atoms with Crippen molar-refractivity contribution in [2.24, 2.45) is 17.6 Å². The highest BCUT2D eigenvalue weighted by Gasteiger charge is 2.28. The van der Waals surface area contributed by atoms with Gasteiger partial charge in [0, 0.05) is 74.5 Å². The lowest BCUT2D eigenvalue weighted by molar-refractivity contribution is -0.148. The van der Waals surface area contributed by atoms with E-state index in [4.69, 9.17) is 10.5 Å². The van der Waals surface area contributed by atoms with Crippen LogP contribution in [0.4, 0.5) is 10.5 Å². The smallest absolute Gasteiger partial charge is 0.312 e. The van der Waals surface area contributed by atoms with Crippen molar-refractivity contribution in [1.29, 1.82) is 0 Å². The van der Waals surface area contributed by atoms with Crippen molar-refractivity contribution < 1.29 is 47.9 Å². The molecule has 8 amide bonds. The fourth-order valence-corrected chi connectivity index (χ4v) is 6.45. The van der Waals surface area contributed by atoms with Gasteiger partial charge in [0.05, 0.1) is 18.5 Å². The minimum atomic E-state index is -1.14. The van der Waals surface area contributed by atoms with E-state index in [2.05, 4.69) is 36.9 Å². The molecule has 0 bridgehead atoms. The average Bonchev–Trinajstić information content (AvgIpc) is 3.65. The number of nitrogens with one attached hydrogen (secondary N) is 7. The summed E-state index contributed by atoms with van der Waals surface area (Å²) in [5, 5.41) is 16.9. The molecule has 348 valence electrons. The molecule has 1 heterocycles. The molecule has 0 saturated heterocycles. The lowest BCUT2D eigenvalue weighted by Gasteiger charge is -2.23. The Hall–Kier alpha value is -6.79. The molecular weight excluding hydrogens is 827 g/mol. The van der Waals surface area contributed by atoms with Crippen molar-refractivity contribution in [3.05, 3.63) is 65.9 Å². The van der Waals surface area contributed by atoms with Crippen molar-refractivity contribution in [3.8, 4) is 0 Å². The topological polar surface area (TPSA) is 280 Å². The van der Waals surface area contributed by atoms with Crippen molar-refractivity contribution in [1.82, 2.24) is 36.5 Å². The van der Waals surface area contributed by atoms with Crippen LogP contribution in [0.1, 0.15) is 84.3 Å². The van der Waals surface area contributed by atoms with Gasteiger partial charge >= 0.3 is 12.0 Å². The van der Waals surface area contributed by atoms with Gasteiger partial charge in [-0.2, -0.15) is 0 Å². The van der Waals surface area contributed by atoms with Crippen LogP contribution in [0.15, 0.2) is 54.7 Å². The maximum atomic E-state index is 14.1. The number of fused-ring (bicyclic) bond motifs is 1. The number of esters is 1. The number of benzene rings is 2. The molecule has 1 aromatic heterocycles. The van der Waals surface area contributed by atoms with Crippen LogP contribution >= 0.6 is 0 Å². The van der Waals surface area contributed by atoms with Gasteiger partial charge in [0.15, 0.2) is 5.78 Å². The normalized spacial score (nSPS) is 12.4. The number of para-hydroxylation sites is 1. The van der Waals surface area contributed by atoms with Crippen molar-refractivity contribution in [2.45, 2.75) is 104 Å². The highest BCUT2D eigenvalue weighted by Crippen LogP contribution is 2.20. The minimum absolute atomic E-state index is 0.000855. The fraction of sp³-hybridized carbons (Fsp3) is 0.489. The lowest BCUT2D eigenvalue weighted by atomic mass is 10.0. The number of H-pyrrole nitrogens is 1. The molecule has 9 N–H and O–H groups in total. The Morgan fingerprint density at radius 2 is 1.41 bits per heavy atom. The van der Waals surface area contributed by atoms with Crippen LogP contribution in [0.5, 0.6) is 0 Å². The zero-order valence-corrected chi connectivity index (χ0v) is 37.5. The van der Waals surface area contributed by atoms with Crippen LogP contribution < -0.4 is 37.6 Å². The molecule has 19 heteroatoms. The van der Waals surface area contributed by atoms with Crippen LogP contribution in [0, 0.1) is 11.8 Å². The Bertz CT molecular complexity index is 2100. The van der Waals surface area contributed by atoms with E-state index < -0.39 is 59.6 Å². The summed E-state index contributed by atoms with van der Waals surface area (Å²) < 4.78 is 5.27. The van der Waals surface area contributed by atoms with E-state index in [0.717, 1.165) is 16.5 Å². The number of Topliss-reactive ketones (excluding diaryl/α,β-unsaturated/α-hetero) is 1. The number of nitrogens with two attached hydrogens (primary N) is 1. The first-order chi connectivity index (χ1) is 30.3. The zero-order chi connectivity index (χ0) is 47.3. The molecule has 0 aliphatic heterocycles. The standard InChI is InChI=1S/C45H63N9O10/c1-27(2)41(59)29(5)50-39(57)25-54(6)40(58)20-22-47-37(55)14-9-15-38(56)52-36(23-31-24-49-34-12-8-7-11-33(31)34)43(61)53-35(13-10-21-48-45(46)63)42(60)51-32-18-16-30(17-19-32)26-64-44(62)28(3)4/h7-8,11-12,16-19,24,27-29,35-36,49H,9-10,13-15,20-23,25-26H2,1-6H3,(H,47,55)(H,50,57)(H,51,60)(H,52,56)(H,53,61)(H3,46,48,63)/t29-,35-,36-/m0/s1. The van der Waals surface area contributed by atoms with E-state index in [9.17, 15) is 43.2 Å². The molecule has 3 rings (SSSR count). The Morgan fingerprint density at radius 3 is 2.08 bits per heavy atom. The van der Waals surface area contributed by atoms with Crippen molar-refractivity contribution in [3.63, 3.8) is 0 Å². The van der Waals surface area contributed by atoms with Gasteiger partial charge in [0.1, 0.15) is 18.7 Å². The Labute approximate surface area is 373 Å². The molecule has 0 spiro atoms. The number of ether oxygens (including phenoxy) is 1. The van der Waals surface area contributed by atoms with E-state index >= 15 is 0 Å². The number of anilines is 1. The van der Waals surface area contributed by atoms with E-state index in [1.165, 1.54) is 11.9 Å². The summed E-state index contributed by atoms with van der Waals surface area (Å²) in [6, 6.07) is 10.4. The third kappa shape index (κ3) is 17.9. The predicted molar refractivity (Wildman–Crippen MR) is 239 cm³/mol. The summed E-state index contributed by atoms with van der Waals surface area (Å²) in [5.74, 6) is -4.00. The minimum Gasteiger partial charge on any atom is -0.461 e. The number of carbonyl (C=O) groups is 9. The molecule has 0 unspecified atom stereocenters. The number of hydrogen-bond donors (Lipinski definition) is 8. The Kier molecular flexibility index (Phi) is 20.9. The third-order valence-corrected chi connectivity index (χ3v) is 10.1. The van der Waals surface area contributed by atoms with Crippen molar-refractivity contribution >= 4 is 69.8 Å². The summed E-state index contributed by atoms with van der Waals surface area (Å²) in [7, 11) is 1.44. The maximum absolute atomic E-state index is 14.1. The second-order valence-corrected chi connectivity index (χ2v) is 16.2. The summed E-state index contributed by atoms with van der Waals surface area (Å²) in [4.78, 5) is 118. The van der Waals surface area contributed by atoms with Gasteiger partial charge in [-0.25, -0.2) is 4.79 Å².